The van der Waals surface area contributed by atoms with Gasteiger partial charge < -0.3 is 0 Å². The number of fused-ring (bicyclic) bond motifs is 1. The molecule has 62 valence electrons. The summed E-state index contributed by atoms with van der Waals surface area (Å²) in [6.45, 7) is 1.92. The first-order chi connectivity index (χ1) is 5.97. The summed E-state index contributed by atoms with van der Waals surface area (Å²) in [6.07, 6.45) is 3.68. The molecule has 1 unspecified atom stereocenters. The average Bonchev–Trinajstić information content (AvgIpc) is 2.21. The van der Waals surface area contributed by atoms with Gasteiger partial charge in [0.05, 0.1) is 0 Å². The SMILES string of the molecule is CP.c1ccc2cnccc2c1. The molecular weight excluding hydrogens is 165 g/mol. The Morgan fingerprint density at radius 3 is 2.33 bits per heavy atom. The third-order valence-corrected chi connectivity index (χ3v) is 1.55. The minimum Gasteiger partial charge on any atom is -0.264 e. The second-order valence-electron chi connectivity index (χ2n) is 2.22. The zero-order valence-corrected chi connectivity index (χ0v) is 8.22. The molecule has 12 heavy (non-hydrogen) atoms. The van der Waals surface area contributed by atoms with Gasteiger partial charge in [0.2, 0.25) is 0 Å². The predicted molar refractivity (Wildman–Crippen MR) is 57.4 cm³/mol. The maximum atomic E-state index is 4.01. The van der Waals surface area contributed by atoms with Crippen molar-refractivity contribution in [2.75, 3.05) is 6.66 Å². The average molecular weight is 177 g/mol. The highest BCUT2D eigenvalue weighted by molar-refractivity contribution is 7.15. The van der Waals surface area contributed by atoms with Crippen LogP contribution in [-0.4, -0.2) is 11.6 Å². The van der Waals surface area contributed by atoms with Crippen LogP contribution in [-0.2, 0) is 0 Å². The molecule has 0 N–H and O–H groups in total. The zero-order chi connectivity index (χ0) is 8.81. The number of hydrogen-bond acceptors (Lipinski definition) is 1. The van der Waals surface area contributed by atoms with Gasteiger partial charge in [-0.05, 0) is 16.8 Å². The van der Waals surface area contributed by atoms with Crippen molar-refractivity contribution in [1.29, 1.82) is 0 Å². The van der Waals surface area contributed by atoms with E-state index in [4.69, 9.17) is 0 Å². The van der Waals surface area contributed by atoms with Gasteiger partial charge >= 0.3 is 0 Å². The van der Waals surface area contributed by atoms with Gasteiger partial charge in [0.25, 0.3) is 0 Å². The Labute approximate surface area is 75.0 Å². The lowest BCUT2D eigenvalue weighted by Crippen LogP contribution is -1.71. The smallest absolute Gasteiger partial charge is 0.0346 e. The van der Waals surface area contributed by atoms with Gasteiger partial charge in [0.15, 0.2) is 0 Å². The summed E-state index contributed by atoms with van der Waals surface area (Å²) < 4.78 is 0. The highest BCUT2D eigenvalue weighted by atomic mass is 31.0. The van der Waals surface area contributed by atoms with Crippen molar-refractivity contribution in [2.24, 2.45) is 0 Å². The van der Waals surface area contributed by atoms with Gasteiger partial charge in [-0.2, -0.15) is 0 Å². The number of rotatable bonds is 0. The van der Waals surface area contributed by atoms with Crippen molar-refractivity contribution in [1.82, 2.24) is 4.98 Å². The minimum atomic E-state index is 1.20. The Bertz CT molecular complexity index is 281. The monoisotopic (exact) mass is 177 g/mol. The summed E-state index contributed by atoms with van der Waals surface area (Å²) in [5.41, 5.74) is 0. The lowest BCUT2D eigenvalue weighted by molar-refractivity contribution is 1.36. The normalized spacial score (nSPS) is 8.83. The number of hydrogen-bond donors (Lipinski definition) is 0. The molecule has 0 spiro atoms. The van der Waals surface area contributed by atoms with E-state index in [0.29, 0.717) is 0 Å². The van der Waals surface area contributed by atoms with E-state index in [-0.39, 0.29) is 0 Å². The fourth-order valence-corrected chi connectivity index (χ4v) is 1.03. The van der Waals surface area contributed by atoms with Crippen LogP contribution in [0, 0.1) is 0 Å². The second kappa shape index (κ2) is 4.84. The van der Waals surface area contributed by atoms with E-state index in [9.17, 15) is 0 Å². The molecule has 1 aromatic carbocycles. The summed E-state index contributed by atoms with van der Waals surface area (Å²) in [4.78, 5) is 4.01. The Morgan fingerprint density at radius 2 is 1.67 bits per heavy atom. The molecule has 0 radical (unpaired) electrons. The van der Waals surface area contributed by atoms with E-state index in [1.165, 1.54) is 10.8 Å². The van der Waals surface area contributed by atoms with E-state index in [1.54, 1.807) is 0 Å². The maximum absolute atomic E-state index is 4.01. The van der Waals surface area contributed by atoms with Crippen LogP contribution in [0.25, 0.3) is 10.8 Å². The molecule has 0 fully saturated rings. The van der Waals surface area contributed by atoms with Crippen molar-refractivity contribution in [3.8, 4) is 0 Å². The van der Waals surface area contributed by atoms with Gasteiger partial charge in [0, 0.05) is 12.4 Å². The largest absolute Gasteiger partial charge is 0.264 e. The van der Waals surface area contributed by atoms with Crippen LogP contribution in [0.1, 0.15) is 0 Å². The number of nitrogens with zero attached hydrogens (tertiary/aromatic N) is 1. The molecule has 2 aromatic rings. The predicted octanol–water partition coefficient (Wildman–Crippen LogP) is 2.73. The Hall–Kier alpha value is -0.940. The number of benzene rings is 1. The molecule has 0 aliphatic carbocycles. The number of pyridine rings is 1. The van der Waals surface area contributed by atoms with E-state index < -0.39 is 0 Å². The lowest BCUT2D eigenvalue weighted by atomic mass is 10.2. The van der Waals surface area contributed by atoms with Crippen LogP contribution < -0.4 is 0 Å². The van der Waals surface area contributed by atoms with Crippen molar-refractivity contribution >= 4 is 20.0 Å². The van der Waals surface area contributed by atoms with E-state index in [0.717, 1.165) is 0 Å². The van der Waals surface area contributed by atoms with Crippen molar-refractivity contribution in [3.63, 3.8) is 0 Å². The van der Waals surface area contributed by atoms with Crippen LogP contribution in [0.2, 0.25) is 0 Å². The Balaban J connectivity index is 0.000000336. The summed E-state index contributed by atoms with van der Waals surface area (Å²) in [5, 5.41) is 2.45. The van der Waals surface area contributed by atoms with Gasteiger partial charge in [0.1, 0.15) is 0 Å². The summed E-state index contributed by atoms with van der Waals surface area (Å²) in [6, 6.07) is 10.2. The molecule has 1 nitrogen and oxygen atoms in total. The third-order valence-electron chi connectivity index (χ3n) is 1.55. The van der Waals surface area contributed by atoms with E-state index in [2.05, 4.69) is 26.4 Å². The van der Waals surface area contributed by atoms with Crippen LogP contribution in [0.3, 0.4) is 0 Å². The molecule has 0 saturated heterocycles. The second-order valence-corrected chi connectivity index (χ2v) is 2.22. The van der Waals surface area contributed by atoms with Gasteiger partial charge in [-0.1, -0.05) is 30.9 Å². The van der Waals surface area contributed by atoms with Crippen LogP contribution in [0.4, 0.5) is 0 Å². The molecule has 1 heterocycles. The van der Waals surface area contributed by atoms with E-state index >= 15 is 0 Å². The van der Waals surface area contributed by atoms with Crippen LogP contribution >= 0.6 is 9.24 Å². The summed E-state index contributed by atoms with van der Waals surface area (Å²) >= 11 is 0. The van der Waals surface area contributed by atoms with Crippen LogP contribution in [0.5, 0.6) is 0 Å². The fourth-order valence-electron chi connectivity index (χ4n) is 1.03. The maximum Gasteiger partial charge on any atom is 0.0346 e. The first-order valence-corrected chi connectivity index (χ1v) is 4.99. The van der Waals surface area contributed by atoms with Crippen molar-refractivity contribution < 1.29 is 0 Å². The topological polar surface area (TPSA) is 12.9 Å². The summed E-state index contributed by atoms with van der Waals surface area (Å²) in [7, 11) is 2.42. The lowest BCUT2D eigenvalue weighted by Gasteiger charge is -1.91. The third kappa shape index (κ3) is 2.02. The van der Waals surface area contributed by atoms with Crippen molar-refractivity contribution in [3.05, 3.63) is 42.7 Å². The summed E-state index contributed by atoms with van der Waals surface area (Å²) in [5.74, 6) is 0. The first kappa shape index (κ1) is 9.15. The Morgan fingerprint density at radius 1 is 1.00 bits per heavy atom. The van der Waals surface area contributed by atoms with Gasteiger partial charge in [-0.15, -0.1) is 9.24 Å². The molecule has 0 aliphatic rings. The van der Waals surface area contributed by atoms with Gasteiger partial charge in [-0.25, -0.2) is 0 Å². The Kier molecular flexibility index (Phi) is 3.69. The van der Waals surface area contributed by atoms with Crippen LogP contribution in [0.15, 0.2) is 42.7 Å². The molecule has 1 atom stereocenters. The molecular formula is C10H12NP. The zero-order valence-electron chi connectivity index (χ0n) is 7.07. The molecule has 0 bridgehead atoms. The molecule has 0 saturated carbocycles. The molecule has 2 heteroatoms. The standard InChI is InChI=1S/C9H7N.CH5P/c1-2-4-9-7-10-6-5-8(9)3-1;1-2/h1-7H;2H2,1H3. The number of aromatic nitrogens is 1. The fraction of sp³-hybridized carbons (Fsp3) is 0.100. The highest BCUT2D eigenvalue weighted by Gasteiger charge is 1.86. The van der Waals surface area contributed by atoms with Gasteiger partial charge in [-0.3, -0.25) is 4.98 Å². The molecule has 2 rings (SSSR count). The van der Waals surface area contributed by atoms with Crippen molar-refractivity contribution in [2.45, 2.75) is 0 Å². The molecule has 0 amide bonds. The minimum absolute atomic E-state index is 1.20. The molecule has 0 aliphatic heterocycles. The highest BCUT2D eigenvalue weighted by Crippen LogP contribution is 2.09. The quantitative estimate of drug-likeness (QED) is 0.564. The van der Waals surface area contributed by atoms with E-state index in [1.807, 2.05) is 37.3 Å². The first-order valence-electron chi connectivity index (χ1n) is 3.83. The molecule has 1 aromatic heterocycles.